The number of amides is 1. The fourth-order valence-corrected chi connectivity index (χ4v) is 1.16. The lowest BCUT2D eigenvalue weighted by molar-refractivity contribution is 0.0958. The summed E-state index contributed by atoms with van der Waals surface area (Å²) in [6.07, 6.45) is 0. The third-order valence-electron chi connectivity index (χ3n) is 1.79. The maximum absolute atomic E-state index is 11.5. The van der Waals surface area contributed by atoms with Crippen molar-refractivity contribution >= 4 is 21.8 Å². The predicted octanol–water partition coefficient (Wildman–Crippen LogP) is 2.33. The topological polar surface area (TPSA) is 38.3 Å². The Bertz CT molecular complexity index is 359. The Labute approximate surface area is 97.3 Å². The van der Waals surface area contributed by atoms with Crippen LogP contribution in [0.5, 0.6) is 5.75 Å². The third kappa shape index (κ3) is 3.75. The standard InChI is InChI=1S/C11H12BrNO2/c1-8(12)7-13-11(14)9-3-5-10(15-2)6-4-9/h3-6H,1,7H2,2H3,(H,13,14). The largest absolute Gasteiger partial charge is 0.497 e. The Morgan fingerprint density at radius 3 is 2.53 bits per heavy atom. The van der Waals surface area contributed by atoms with E-state index in [1.54, 1.807) is 31.4 Å². The number of hydrogen-bond acceptors (Lipinski definition) is 2. The molecule has 0 radical (unpaired) electrons. The lowest BCUT2D eigenvalue weighted by atomic mass is 10.2. The second kappa shape index (κ2) is 5.56. The van der Waals surface area contributed by atoms with Crippen molar-refractivity contribution in [1.29, 1.82) is 0 Å². The fraction of sp³-hybridized carbons (Fsp3) is 0.182. The van der Waals surface area contributed by atoms with Crippen LogP contribution in [-0.2, 0) is 0 Å². The van der Waals surface area contributed by atoms with Crippen LogP contribution in [0, 0.1) is 0 Å². The first-order chi connectivity index (χ1) is 7.13. The van der Waals surface area contributed by atoms with E-state index in [1.807, 2.05) is 0 Å². The number of nitrogens with one attached hydrogen (secondary N) is 1. The zero-order chi connectivity index (χ0) is 11.3. The van der Waals surface area contributed by atoms with Gasteiger partial charge in [0, 0.05) is 16.6 Å². The van der Waals surface area contributed by atoms with Gasteiger partial charge in [-0.3, -0.25) is 4.79 Å². The fourth-order valence-electron chi connectivity index (χ4n) is 1.02. The summed E-state index contributed by atoms with van der Waals surface area (Å²) < 4.78 is 5.73. The number of benzene rings is 1. The van der Waals surface area contributed by atoms with Gasteiger partial charge in [-0.1, -0.05) is 22.5 Å². The third-order valence-corrected chi connectivity index (χ3v) is 2.07. The van der Waals surface area contributed by atoms with Gasteiger partial charge in [0.2, 0.25) is 0 Å². The molecular formula is C11H12BrNO2. The summed E-state index contributed by atoms with van der Waals surface area (Å²) in [5, 5.41) is 2.71. The predicted molar refractivity (Wildman–Crippen MR) is 63.4 cm³/mol. The van der Waals surface area contributed by atoms with Crippen molar-refractivity contribution in [3.8, 4) is 5.75 Å². The Morgan fingerprint density at radius 2 is 2.07 bits per heavy atom. The van der Waals surface area contributed by atoms with Crippen molar-refractivity contribution in [2.24, 2.45) is 0 Å². The maximum Gasteiger partial charge on any atom is 0.251 e. The average molecular weight is 270 g/mol. The lowest BCUT2D eigenvalue weighted by Crippen LogP contribution is -2.24. The summed E-state index contributed by atoms with van der Waals surface area (Å²) in [6, 6.07) is 6.92. The lowest BCUT2D eigenvalue weighted by Gasteiger charge is -2.04. The molecule has 0 bridgehead atoms. The van der Waals surface area contributed by atoms with Crippen LogP contribution in [0.25, 0.3) is 0 Å². The zero-order valence-corrected chi connectivity index (χ0v) is 10.0. The van der Waals surface area contributed by atoms with Crippen LogP contribution >= 0.6 is 15.9 Å². The number of carbonyl (C=O) groups is 1. The average Bonchev–Trinajstić information content (AvgIpc) is 2.26. The van der Waals surface area contributed by atoms with Gasteiger partial charge < -0.3 is 10.1 Å². The highest BCUT2D eigenvalue weighted by molar-refractivity contribution is 9.11. The minimum atomic E-state index is -0.127. The van der Waals surface area contributed by atoms with Gasteiger partial charge in [-0.05, 0) is 24.3 Å². The normalized spacial score (nSPS) is 9.47. The van der Waals surface area contributed by atoms with E-state index in [2.05, 4.69) is 27.8 Å². The van der Waals surface area contributed by atoms with Gasteiger partial charge in [-0.2, -0.15) is 0 Å². The summed E-state index contributed by atoms with van der Waals surface area (Å²) in [6.45, 7) is 4.05. The summed E-state index contributed by atoms with van der Waals surface area (Å²) in [7, 11) is 1.59. The highest BCUT2D eigenvalue weighted by Crippen LogP contribution is 2.11. The van der Waals surface area contributed by atoms with Crippen LogP contribution in [0.2, 0.25) is 0 Å². The molecule has 0 spiro atoms. The maximum atomic E-state index is 11.5. The van der Waals surface area contributed by atoms with E-state index >= 15 is 0 Å². The summed E-state index contributed by atoms with van der Waals surface area (Å²) >= 11 is 3.17. The molecule has 0 aliphatic carbocycles. The van der Waals surface area contributed by atoms with Crippen molar-refractivity contribution in [3.05, 3.63) is 40.9 Å². The van der Waals surface area contributed by atoms with Crippen LogP contribution in [-0.4, -0.2) is 19.6 Å². The van der Waals surface area contributed by atoms with Crippen LogP contribution < -0.4 is 10.1 Å². The van der Waals surface area contributed by atoms with Gasteiger partial charge >= 0.3 is 0 Å². The monoisotopic (exact) mass is 269 g/mol. The minimum Gasteiger partial charge on any atom is -0.497 e. The molecule has 0 saturated heterocycles. The van der Waals surface area contributed by atoms with Crippen LogP contribution in [0.15, 0.2) is 35.3 Å². The summed E-state index contributed by atoms with van der Waals surface area (Å²) in [4.78, 5) is 11.5. The molecular weight excluding hydrogens is 258 g/mol. The molecule has 0 aliphatic rings. The van der Waals surface area contributed by atoms with Crippen molar-refractivity contribution in [2.75, 3.05) is 13.7 Å². The van der Waals surface area contributed by atoms with Crippen molar-refractivity contribution in [1.82, 2.24) is 5.32 Å². The molecule has 80 valence electrons. The van der Waals surface area contributed by atoms with Gasteiger partial charge in [-0.15, -0.1) is 0 Å². The number of carbonyl (C=O) groups excluding carboxylic acids is 1. The molecule has 1 aromatic rings. The van der Waals surface area contributed by atoms with E-state index in [0.717, 1.165) is 10.2 Å². The van der Waals surface area contributed by atoms with Crippen molar-refractivity contribution < 1.29 is 9.53 Å². The van der Waals surface area contributed by atoms with Crippen LogP contribution in [0.3, 0.4) is 0 Å². The van der Waals surface area contributed by atoms with Crippen molar-refractivity contribution in [3.63, 3.8) is 0 Å². The van der Waals surface area contributed by atoms with Gasteiger partial charge in [0.15, 0.2) is 0 Å². The molecule has 1 aromatic carbocycles. The quantitative estimate of drug-likeness (QED) is 0.911. The molecule has 1 N–H and O–H groups in total. The number of methoxy groups -OCH3 is 1. The van der Waals surface area contributed by atoms with Gasteiger partial charge in [0.05, 0.1) is 7.11 Å². The van der Waals surface area contributed by atoms with E-state index in [4.69, 9.17) is 4.74 Å². The SMILES string of the molecule is C=C(Br)CNC(=O)c1ccc(OC)cc1. The second-order valence-corrected chi connectivity index (χ2v) is 4.05. The van der Waals surface area contributed by atoms with E-state index < -0.39 is 0 Å². The first-order valence-corrected chi connectivity index (χ1v) is 5.18. The second-order valence-electron chi connectivity index (χ2n) is 2.93. The number of halogens is 1. The summed E-state index contributed by atoms with van der Waals surface area (Å²) in [5.74, 6) is 0.606. The molecule has 0 saturated carbocycles. The zero-order valence-electron chi connectivity index (χ0n) is 8.42. The molecule has 1 amide bonds. The Morgan fingerprint density at radius 1 is 1.47 bits per heavy atom. The molecule has 15 heavy (non-hydrogen) atoms. The first kappa shape index (κ1) is 11.8. The van der Waals surface area contributed by atoms with E-state index in [-0.39, 0.29) is 5.91 Å². The molecule has 4 heteroatoms. The van der Waals surface area contributed by atoms with Gasteiger partial charge in [0.1, 0.15) is 5.75 Å². The molecule has 0 aromatic heterocycles. The molecule has 0 heterocycles. The van der Waals surface area contributed by atoms with Crippen LogP contribution in [0.1, 0.15) is 10.4 Å². The van der Waals surface area contributed by atoms with E-state index in [9.17, 15) is 4.79 Å². The Balaban J connectivity index is 2.62. The smallest absolute Gasteiger partial charge is 0.251 e. The van der Waals surface area contributed by atoms with Gasteiger partial charge in [-0.25, -0.2) is 0 Å². The molecule has 1 rings (SSSR count). The van der Waals surface area contributed by atoms with Crippen LogP contribution in [0.4, 0.5) is 0 Å². The number of hydrogen-bond donors (Lipinski definition) is 1. The Hall–Kier alpha value is -1.29. The highest BCUT2D eigenvalue weighted by atomic mass is 79.9. The number of ether oxygens (including phenoxy) is 1. The molecule has 0 atom stereocenters. The minimum absolute atomic E-state index is 0.127. The first-order valence-electron chi connectivity index (χ1n) is 4.39. The molecule has 3 nitrogen and oxygen atoms in total. The highest BCUT2D eigenvalue weighted by Gasteiger charge is 2.04. The summed E-state index contributed by atoms with van der Waals surface area (Å²) in [5.41, 5.74) is 0.601. The van der Waals surface area contributed by atoms with E-state index in [1.165, 1.54) is 0 Å². The van der Waals surface area contributed by atoms with Crippen molar-refractivity contribution in [2.45, 2.75) is 0 Å². The van der Waals surface area contributed by atoms with E-state index in [0.29, 0.717) is 12.1 Å². The molecule has 0 fully saturated rings. The molecule has 0 unspecified atom stereocenters. The molecule has 0 aliphatic heterocycles. The Kier molecular flexibility index (Phi) is 4.37. The number of rotatable bonds is 4. The van der Waals surface area contributed by atoms with Gasteiger partial charge in [0.25, 0.3) is 5.91 Å².